The standard InChI is InChI=1S/C19H26N2O/c1-5-14(4)20-18(19(22)13(2)3)12-16-11-10-15-8-6-7-9-17(15)21-16/h6-11,13-14,18,20H,5,12H2,1-4H3. The lowest BCUT2D eigenvalue weighted by Gasteiger charge is -2.23. The van der Waals surface area contributed by atoms with Crippen molar-refractivity contribution < 1.29 is 4.79 Å². The number of carbonyl (C=O) groups excluding carboxylic acids is 1. The Hall–Kier alpha value is -1.74. The molecule has 2 rings (SSSR count). The van der Waals surface area contributed by atoms with E-state index in [2.05, 4.69) is 31.3 Å². The molecule has 0 aliphatic heterocycles. The quantitative estimate of drug-likeness (QED) is 0.846. The fraction of sp³-hybridized carbons (Fsp3) is 0.474. The molecule has 0 saturated heterocycles. The van der Waals surface area contributed by atoms with Gasteiger partial charge in [-0.2, -0.15) is 0 Å². The number of hydrogen-bond donors (Lipinski definition) is 1. The molecule has 0 radical (unpaired) electrons. The van der Waals surface area contributed by atoms with Crippen molar-refractivity contribution in [3.63, 3.8) is 0 Å². The zero-order valence-corrected chi connectivity index (χ0v) is 14.0. The van der Waals surface area contributed by atoms with Crippen LogP contribution in [0.1, 0.15) is 39.8 Å². The minimum atomic E-state index is -0.163. The number of nitrogens with one attached hydrogen (secondary N) is 1. The Morgan fingerprint density at radius 3 is 2.55 bits per heavy atom. The van der Waals surface area contributed by atoms with Gasteiger partial charge in [-0.25, -0.2) is 0 Å². The molecule has 3 heteroatoms. The first-order chi connectivity index (χ1) is 10.5. The second kappa shape index (κ2) is 7.50. The Bertz CT molecular complexity index is 636. The van der Waals surface area contributed by atoms with E-state index < -0.39 is 0 Å². The monoisotopic (exact) mass is 298 g/mol. The zero-order valence-electron chi connectivity index (χ0n) is 14.0. The van der Waals surface area contributed by atoms with Gasteiger partial charge in [-0.1, -0.05) is 45.0 Å². The Balaban J connectivity index is 2.21. The molecule has 0 amide bonds. The van der Waals surface area contributed by atoms with Crippen molar-refractivity contribution in [1.29, 1.82) is 0 Å². The van der Waals surface area contributed by atoms with Gasteiger partial charge in [0, 0.05) is 29.5 Å². The zero-order chi connectivity index (χ0) is 16.1. The van der Waals surface area contributed by atoms with Gasteiger partial charge in [0.1, 0.15) is 0 Å². The molecular weight excluding hydrogens is 272 g/mol. The average Bonchev–Trinajstić information content (AvgIpc) is 2.53. The van der Waals surface area contributed by atoms with Gasteiger partial charge in [-0.15, -0.1) is 0 Å². The van der Waals surface area contributed by atoms with Crippen LogP contribution in [-0.4, -0.2) is 22.9 Å². The van der Waals surface area contributed by atoms with Gasteiger partial charge in [-0.3, -0.25) is 9.78 Å². The van der Waals surface area contributed by atoms with Crippen molar-refractivity contribution >= 4 is 16.7 Å². The van der Waals surface area contributed by atoms with Gasteiger partial charge in [0.2, 0.25) is 0 Å². The summed E-state index contributed by atoms with van der Waals surface area (Å²) in [4.78, 5) is 17.2. The molecule has 1 heterocycles. The summed E-state index contributed by atoms with van der Waals surface area (Å²) in [5.74, 6) is 0.289. The molecule has 0 aliphatic rings. The summed E-state index contributed by atoms with van der Waals surface area (Å²) in [6.07, 6.45) is 1.65. The third-order valence-electron chi connectivity index (χ3n) is 4.08. The number of nitrogens with zero attached hydrogens (tertiary/aromatic N) is 1. The van der Waals surface area contributed by atoms with Crippen molar-refractivity contribution in [1.82, 2.24) is 10.3 Å². The Morgan fingerprint density at radius 1 is 1.14 bits per heavy atom. The number of benzene rings is 1. The second-order valence-electron chi connectivity index (χ2n) is 6.29. The Morgan fingerprint density at radius 2 is 1.86 bits per heavy atom. The minimum absolute atomic E-state index is 0.0296. The van der Waals surface area contributed by atoms with Crippen molar-refractivity contribution in [2.24, 2.45) is 5.92 Å². The maximum absolute atomic E-state index is 12.5. The van der Waals surface area contributed by atoms with E-state index in [1.807, 2.05) is 38.1 Å². The molecule has 1 aromatic carbocycles. The van der Waals surface area contributed by atoms with E-state index >= 15 is 0 Å². The fourth-order valence-electron chi connectivity index (χ4n) is 2.54. The third-order valence-corrected chi connectivity index (χ3v) is 4.08. The first-order valence-corrected chi connectivity index (χ1v) is 8.15. The first-order valence-electron chi connectivity index (χ1n) is 8.15. The van der Waals surface area contributed by atoms with Crippen molar-refractivity contribution in [2.45, 2.75) is 52.6 Å². The average molecular weight is 298 g/mol. The molecule has 1 N–H and O–H groups in total. The van der Waals surface area contributed by atoms with Gasteiger partial charge >= 0.3 is 0 Å². The first kappa shape index (κ1) is 16.6. The number of carbonyl (C=O) groups is 1. The topological polar surface area (TPSA) is 42.0 Å². The maximum Gasteiger partial charge on any atom is 0.152 e. The molecule has 0 saturated carbocycles. The van der Waals surface area contributed by atoms with E-state index in [1.54, 1.807) is 0 Å². The van der Waals surface area contributed by atoms with Crippen molar-refractivity contribution in [3.05, 3.63) is 42.1 Å². The van der Waals surface area contributed by atoms with E-state index in [9.17, 15) is 4.79 Å². The molecule has 3 nitrogen and oxygen atoms in total. The van der Waals surface area contributed by atoms with Crippen LogP contribution in [0.5, 0.6) is 0 Å². The molecule has 0 bridgehead atoms. The number of hydrogen-bond acceptors (Lipinski definition) is 3. The highest BCUT2D eigenvalue weighted by atomic mass is 16.1. The summed E-state index contributed by atoms with van der Waals surface area (Å²) in [5.41, 5.74) is 1.95. The third kappa shape index (κ3) is 4.14. The Labute approximate surface area is 133 Å². The molecule has 2 aromatic rings. The van der Waals surface area contributed by atoms with Crippen LogP contribution >= 0.6 is 0 Å². The van der Waals surface area contributed by atoms with Gasteiger partial charge in [0.25, 0.3) is 0 Å². The van der Waals surface area contributed by atoms with Crippen LogP contribution in [0.3, 0.4) is 0 Å². The van der Waals surface area contributed by atoms with Gasteiger partial charge in [-0.05, 0) is 25.5 Å². The van der Waals surface area contributed by atoms with Crippen LogP contribution < -0.4 is 5.32 Å². The van der Waals surface area contributed by atoms with Crippen molar-refractivity contribution in [2.75, 3.05) is 0 Å². The summed E-state index contributed by atoms with van der Waals surface area (Å²) in [6, 6.07) is 12.4. The van der Waals surface area contributed by atoms with Crippen LogP contribution in [-0.2, 0) is 11.2 Å². The molecule has 0 aliphatic carbocycles. The highest BCUT2D eigenvalue weighted by Crippen LogP contribution is 2.14. The molecular formula is C19H26N2O. The molecule has 22 heavy (non-hydrogen) atoms. The number of para-hydroxylation sites is 1. The molecule has 118 valence electrons. The second-order valence-corrected chi connectivity index (χ2v) is 6.29. The lowest BCUT2D eigenvalue weighted by atomic mass is 9.96. The smallest absolute Gasteiger partial charge is 0.152 e. The predicted molar refractivity (Wildman–Crippen MR) is 92.0 cm³/mol. The number of aromatic nitrogens is 1. The SMILES string of the molecule is CCC(C)NC(Cc1ccc2ccccc2n1)C(=O)C(C)C. The molecule has 1 aromatic heterocycles. The normalized spacial score (nSPS) is 14.2. The van der Waals surface area contributed by atoms with Gasteiger partial charge in [0.05, 0.1) is 11.6 Å². The summed E-state index contributed by atoms with van der Waals surface area (Å²) in [6.45, 7) is 8.17. The number of rotatable bonds is 7. The van der Waals surface area contributed by atoms with Gasteiger partial charge in [0.15, 0.2) is 5.78 Å². The molecule has 2 unspecified atom stereocenters. The summed E-state index contributed by atoms with van der Waals surface area (Å²) < 4.78 is 0. The van der Waals surface area contributed by atoms with E-state index in [0.717, 1.165) is 23.0 Å². The predicted octanol–water partition coefficient (Wildman–Crippen LogP) is 3.76. The number of ketones is 1. The molecule has 2 atom stereocenters. The summed E-state index contributed by atoms with van der Waals surface area (Å²) in [5, 5.41) is 4.59. The number of Topliss-reactive ketones (excluding diaryl/α,β-unsaturated/α-hetero) is 1. The fourth-order valence-corrected chi connectivity index (χ4v) is 2.54. The van der Waals surface area contributed by atoms with Crippen LogP contribution in [0.15, 0.2) is 36.4 Å². The molecule has 0 fully saturated rings. The van der Waals surface area contributed by atoms with E-state index in [4.69, 9.17) is 4.98 Å². The molecule has 0 spiro atoms. The van der Waals surface area contributed by atoms with Crippen LogP contribution in [0, 0.1) is 5.92 Å². The van der Waals surface area contributed by atoms with Crippen LogP contribution in [0.25, 0.3) is 10.9 Å². The lowest BCUT2D eigenvalue weighted by molar-refractivity contribution is -0.124. The van der Waals surface area contributed by atoms with E-state index in [0.29, 0.717) is 12.5 Å². The summed E-state index contributed by atoms with van der Waals surface area (Å²) >= 11 is 0. The maximum atomic E-state index is 12.5. The number of pyridine rings is 1. The minimum Gasteiger partial charge on any atom is -0.305 e. The van der Waals surface area contributed by atoms with Crippen LogP contribution in [0.2, 0.25) is 0 Å². The van der Waals surface area contributed by atoms with E-state index in [-0.39, 0.29) is 17.7 Å². The highest BCUT2D eigenvalue weighted by molar-refractivity contribution is 5.86. The van der Waals surface area contributed by atoms with E-state index in [1.165, 1.54) is 0 Å². The van der Waals surface area contributed by atoms with Crippen LogP contribution in [0.4, 0.5) is 0 Å². The summed E-state index contributed by atoms with van der Waals surface area (Å²) in [7, 11) is 0. The lowest BCUT2D eigenvalue weighted by Crippen LogP contribution is -2.45. The van der Waals surface area contributed by atoms with Gasteiger partial charge < -0.3 is 5.32 Å². The number of fused-ring (bicyclic) bond motifs is 1. The van der Waals surface area contributed by atoms with Crippen molar-refractivity contribution in [3.8, 4) is 0 Å². The highest BCUT2D eigenvalue weighted by Gasteiger charge is 2.23. The largest absolute Gasteiger partial charge is 0.305 e. The Kier molecular flexibility index (Phi) is 5.67.